The number of carbonyl (C=O) groups is 3. The van der Waals surface area contributed by atoms with Gasteiger partial charge in [-0.1, -0.05) is 44.0 Å². The number of aryl methyl sites for hydroxylation is 1. The molecule has 0 N–H and O–H groups in total. The molecule has 170 valence electrons. The number of para-hydroxylation sites is 1. The lowest BCUT2D eigenvalue weighted by atomic mass is 10.1. The monoisotopic (exact) mass is 438 g/mol. The van der Waals surface area contributed by atoms with E-state index in [1.165, 1.54) is 32.6 Å². The van der Waals surface area contributed by atoms with Crippen molar-refractivity contribution in [2.75, 3.05) is 7.11 Å². The summed E-state index contributed by atoms with van der Waals surface area (Å²) in [5.74, 6) is -0.377. The Morgan fingerprint density at radius 1 is 0.938 bits per heavy atom. The van der Waals surface area contributed by atoms with Crippen LogP contribution in [0.1, 0.15) is 61.9 Å². The summed E-state index contributed by atoms with van der Waals surface area (Å²) in [7, 11) is 1.48. The predicted octanol–water partition coefficient (Wildman–Crippen LogP) is 5.48. The van der Waals surface area contributed by atoms with Crippen molar-refractivity contribution in [1.82, 2.24) is 0 Å². The Morgan fingerprint density at radius 3 is 2.44 bits per heavy atom. The highest BCUT2D eigenvalue weighted by Gasteiger charge is 2.18. The average molecular weight is 439 g/mol. The third kappa shape index (κ3) is 8.02. The Bertz CT molecular complexity index is 961. The van der Waals surface area contributed by atoms with Gasteiger partial charge in [0.1, 0.15) is 11.3 Å². The zero-order chi connectivity index (χ0) is 23.3. The molecule has 0 bridgehead atoms. The average Bonchev–Trinajstić information content (AvgIpc) is 2.78. The van der Waals surface area contributed by atoms with Gasteiger partial charge in [0.2, 0.25) is 0 Å². The highest BCUT2D eigenvalue weighted by atomic mass is 16.6. The first kappa shape index (κ1) is 24.9. The number of ether oxygens (including phenoxy) is 3. The van der Waals surface area contributed by atoms with Crippen molar-refractivity contribution in [2.24, 2.45) is 0 Å². The van der Waals surface area contributed by atoms with E-state index >= 15 is 0 Å². The van der Waals surface area contributed by atoms with Crippen LogP contribution < -0.4 is 14.2 Å². The van der Waals surface area contributed by atoms with Gasteiger partial charge in [-0.15, -0.1) is 0 Å². The van der Waals surface area contributed by atoms with Crippen LogP contribution in [0.15, 0.2) is 54.6 Å². The van der Waals surface area contributed by atoms with E-state index in [0.29, 0.717) is 18.6 Å². The molecule has 2 aromatic rings. The Kier molecular flexibility index (Phi) is 10.2. The SMILES string of the molecule is CCCCC/C=C/C(=O)CCc1ccc(OC(=O)c2ccccc2OC(C)=O)c(OC)c1. The minimum Gasteiger partial charge on any atom is -0.493 e. The lowest BCUT2D eigenvalue weighted by Gasteiger charge is -2.12. The van der Waals surface area contributed by atoms with Gasteiger partial charge in [0.25, 0.3) is 0 Å². The first-order valence-electron chi connectivity index (χ1n) is 10.8. The molecule has 0 spiro atoms. The van der Waals surface area contributed by atoms with Crippen molar-refractivity contribution >= 4 is 17.7 Å². The highest BCUT2D eigenvalue weighted by molar-refractivity contribution is 5.95. The van der Waals surface area contributed by atoms with Gasteiger partial charge < -0.3 is 14.2 Å². The second kappa shape index (κ2) is 13.1. The largest absolute Gasteiger partial charge is 0.493 e. The van der Waals surface area contributed by atoms with Crippen LogP contribution in [0.2, 0.25) is 0 Å². The molecule has 0 aromatic heterocycles. The quantitative estimate of drug-likeness (QED) is 0.189. The Balaban J connectivity index is 2.01. The second-order valence-corrected chi connectivity index (χ2v) is 7.33. The first-order valence-corrected chi connectivity index (χ1v) is 10.8. The van der Waals surface area contributed by atoms with Crippen LogP contribution in [0.5, 0.6) is 17.2 Å². The molecule has 0 radical (unpaired) electrons. The van der Waals surface area contributed by atoms with Gasteiger partial charge in [0.05, 0.1) is 7.11 Å². The molecular formula is C26H30O6. The topological polar surface area (TPSA) is 78.9 Å². The molecule has 0 aliphatic rings. The maximum absolute atomic E-state index is 12.6. The summed E-state index contributed by atoms with van der Waals surface area (Å²) >= 11 is 0. The molecule has 0 fully saturated rings. The van der Waals surface area contributed by atoms with Gasteiger partial charge in [-0.05, 0) is 55.2 Å². The van der Waals surface area contributed by atoms with Crippen molar-refractivity contribution in [2.45, 2.75) is 52.4 Å². The summed E-state index contributed by atoms with van der Waals surface area (Å²) in [4.78, 5) is 36.0. The van der Waals surface area contributed by atoms with Crippen LogP contribution in [0.25, 0.3) is 0 Å². The fraction of sp³-hybridized carbons (Fsp3) is 0.346. The van der Waals surface area contributed by atoms with Crippen molar-refractivity contribution in [1.29, 1.82) is 0 Å². The number of esters is 2. The minimum absolute atomic E-state index is 0.0815. The van der Waals surface area contributed by atoms with E-state index in [9.17, 15) is 14.4 Å². The highest BCUT2D eigenvalue weighted by Crippen LogP contribution is 2.30. The summed E-state index contributed by atoms with van der Waals surface area (Å²) in [6.07, 6.45) is 8.90. The van der Waals surface area contributed by atoms with Gasteiger partial charge in [0.15, 0.2) is 17.3 Å². The van der Waals surface area contributed by atoms with Crippen LogP contribution in [-0.4, -0.2) is 24.8 Å². The van der Waals surface area contributed by atoms with Crippen molar-refractivity contribution in [3.63, 3.8) is 0 Å². The van der Waals surface area contributed by atoms with Crippen molar-refractivity contribution in [3.05, 3.63) is 65.7 Å². The van der Waals surface area contributed by atoms with Crippen molar-refractivity contribution in [3.8, 4) is 17.2 Å². The molecule has 2 rings (SSSR count). The maximum Gasteiger partial charge on any atom is 0.347 e. The fourth-order valence-corrected chi connectivity index (χ4v) is 3.06. The fourth-order valence-electron chi connectivity index (χ4n) is 3.06. The molecule has 6 heteroatoms. The van der Waals surface area contributed by atoms with Gasteiger partial charge in [-0.25, -0.2) is 4.79 Å². The normalized spacial score (nSPS) is 10.7. The number of benzene rings is 2. The van der Waals surface area contributed by atoms with Crippen LogP contribution >= 0.6 is 0 Å². The van der Waals surface area contributed by atoms with Gasteiger partial charge in [-0.2, -0.15) is 0 Å². The van der Waals surface area contributed by atoms with Crippen molar-refractivity contribution < 1.29 is 28.6 Å². The predicted molar refractivity (Wildman–Crippen MR) is 122 cm³/mol. The lowest BCUT2D eigenvalue weighted by molar-refractivity contribution is -0.131. The molecule has 0 unspecified atom stereocenters. The first-order chi connectivity index (χ1) is 15.4. The molecule has 0 saturated heterocycles. The second-order valence-electron chi connectivity index (χ2n) is 7.33. The summed E-state index contributed by atoms with van der Waals surface area (Å²) in [5.41, 5.74) is 1.03. The van der Waals surface area contributed by atoms with E-state index in [-0.39, 0.29) is 22.8 Å². The molecule has 0 heterocycles. The third-order valence-electron chi connectivity index (χ3n) is 4.73. The van der Waals surface area contributed by atoms with Crippen LogP contribution in [0.4, 0.5) is 0 Å². The number of unbranched alkanes of at least 4 members (excludes halogenated alkanes) is 3. The third-order valence-corrected chi connectivity index (χ3v) is 4.73. The van der Waals surface area contributed by atoms with E-state index in [1.54, 1.807) is 36.4 Å². The van der Waals surface area contributed by atoms with Crippen LogP contribution in [0, 0.1) is 0 Å². The van der Waals surface area contributed by atoms with Crippen LogP contribution in [0.3, 0.4) is 0 Å². The Labute approximate surface area is 189 Å². The molecule has 6 nitrogen and oxygen atoms in total. The van der Waals surface area contributed by atoms with E-state index in [4.69, 9.17) is 14.2 Å². The van der Waals surface area contributed by atoms with Crippen LogP contribution in [-0.2, 0) is 16.0 Å². The molecule has 2 aromatic carbocycles. The number of ketones is 1. The lowest BCUT2D eigenvalue weighted by Crippen LogP contribution is -2.13. The maximum atomic E-state index is 12.6. The molecule has 0 aliphatic carbocycles. The molecule has 0 atom stereocenters. The molecule has 0 amide bonds. The Morgan fingerprint density at radius 2 is 1.72 bits per heavy atom. The zero-order valence-electron chi connectivity index (χ0n) is 18.9. The smallest absolute Gasteiger partial charge is 0.347 e. The molecular weight excluding hydrogens is 408 g/mol. The summed E-state index contributed by atoms with van der Waals surface area (Å²) < 4.78 is 15.9. The summed E-state index contributed by atoms with van der Waals surface area (Å²) in [6, 6.07) is 11.5. The van der Waals surface area contributed by atoms with E-state index in [2.05, 4.69) is 6.92 Å². The number of rotatable bonds is 12. The van der Waals surface area contributed by atoms with E-state index < -0.39 is 11.9 Å². The van der Waals surface area contributed by atoms with Gasteiger partial charge >= 0.3 is 11.9 Å². The number of carbonyl (C=O) groups excluding carboxylic acids is 3. The number of methoxy groups -OCH3 is 1. The van der Waals surface area contributed by atoms with Gasteiger partial charge in [-0.3, -0.25) is 9.59 Å². The van der Waals surface area contributed by atoms with Gasteiger partial charge in [0, 0.05) is 13.3 Å². The number of hydrogen-bond acceptors (Lipinski definition) is 6. The summed E-state index contributed by atoms with van der Waals surface area (Å²) in [6.45, 7) is 3.41. The Hall–Kier alpha value is -3.41. The minimum atomic E-state index is -0.670. The zero-order valence-corrected chi connectivity index (χ0v) is 18.9. The molecule has 0 saturated carbocycles. The number of hydrogen-bond donors (Lipinski definition) is 0. The standard InChI is InChI=1S/C26H30O6/c1-4-5-6-7-8-11-21(28)16-14-20-15-17-24(25(18-20)30-3)32-26(29)22-12-9-10-13-23(22)31-19(2)27/h8-13,15,17-18H,4-7,14,16H2,1-3H3/b11-8+. The summed E-state index contributed by atoms with van der Waals surface area (Å²) in [5, 5.41) is 0. The van der Waals surface area contributed by atoms with E-state index in [0.717, 1.165) is 24.8 Å². The molecule has 32 heavy (non-hydrogen) atoms. The number of allylic oxidation sites excluding steroid dienone is 2. The van der Waals surface area contributed by atoms with E-state index in [1.807, 2.05) is 6.08 Å². The molecule has 0 aliphatic heterocycles.